The Morgan fingerprint density at radius 3 is 2.88 bits per heavy atom. The molecule has 8 heteroatoms. The second kappa shape index (κ2) is 8.19. The molecule has 3 rings (SSSR count). The lowest BCUT2D eigenvalue weighted by Crippen LogP contribution is -2.34. The molecule has 0 bridgehead atoms. The van der Waals surface area contributed by atoms with E-state index in [1.165, 1.54) is 6.20 Å². The number of methoxy groups -OCH3 is 1. The fraction of sp³-hybridized carbons (Fsp3) is 0.278. The van der Waals surface area contributed by atoms with Crippen LogP contribution < -0.4 is 15.5 Å². The van der Waals surface area contributed by atoms with Crippen LogP contribution in [-0.2, 0) is 4.79 Å². The van der Waals surface area contributed by atoms with Crippen LogP contribution in [0.3, 0.4) is 0 Å². The summed E-state index contributed by atoms with van der Waals surface area (Å²) in [6.07, 6.45) is 5.75. The highest BCUT2D eigenvalue weighted by atomic mass is 16.5. The van der Waals surface area contributed by atoms with Gasteiger partial charge in [0.25, 0.3) is 5.91 Å². The van der Waals surface area contributed by atoms with Crippen molar-refractivity contribution in [3.8, 4) is 17.0 Å². The van der Waals surface area contributed by atoms with Crippen LogP contribution in [0.15, 0.2) is 41.8 Å². The summed E-state index contributed by atoms with van der Waals surface area (Å²) in [6, 6.07) is 7.32. The van der Waals surface area contributed by atoms with E-state index >= 15 is 0 Å². The standard InChI is InChI=1S/C18H19N5O3/c1-26-14-4-2-13(3-5-14)15-10-19-11-16(22-15)18(25)23-21-9-12-6-7-20-17(24)8-12/h2-5,9-12H,6-8H2,1H3,(H,20,24)(H,23,25)/b21-9+. The van der Waals surface area contributed by atoms with Crippen LogP contribution in [0.4, 0.5) is 0 Å². The minimum Gasteiger partial charge on any atom is -0.497 e. The molecular formula is C18H19N5O3. The van der Waals surface area contributed by atoms with Gasteiger partial charge in [0.2, 0.25) is 5.91 Å². The summed E-state index contributed by atoms with van der Waals surface area (Å²) in [5.74, 6) is 0.309. The van der Waals surface area contributed by atoms with Crippen molar-refractivity contribution in [3.63, 3.8) is 0 Å². The molecular weight excluding hydrogens is 334 g/mol. The van der Waals surface area contributed by atoms with E-state index in [-0.39, 0.29) is 17.5 Å². The number of carbonyl (C=O) groups is 2. The quantitative estimate of drug-likeness (QED) is 0.624. The minimum atomic E-state index is -0.454. The molecule has 1 unspecified atom stereocenters. The van der Waals surface area contributed by atoms with E-state index in [2.05, 4.69) is 25.8 Å². The molecule has 0 radical (unpaired) electrons. The molecule has 1 aliphatic heterocycles. The van der Waals surface area contributed by atoms with Gasteiger partial charge in [-0.2, -0.15) is 5.10 Å². The summed E-state index contributed by atoms with van der Waals surface area (Å²) in [5.41, 5.74) is 4.00. The first-order valence-corrected chi connectivity index (χ1v) is 8.22. The molecule has 0 aliphatic carbocycles. The zero-order valence-electron chi connectivity index (χ0n) is 14.3. The molecule has 2 amide bonds. The molecule has 2 aromatic rings. The van der Waals surface area contributed by atoms with Gasteiger partial charge >= 0.3 is 0 Å². The molecule has 0 spiro atoms. The van der Waals surface area contributed by atoms with Crippen molar-refractivity contribution in [2.24, 2.45) is 11.0 Å². The predicted octanol–water partition coefficient (Wildman–Crippen LogP) is 1.39. The first-order valence-electron chi connectivity index (χ1n) is 8.22. The number of benzene rings is 1. The summed E-state index contributed by atoms with van der Waals surface area (Å²) in [5, 5.41) is 6.69. The lowest BCUT2D eigenvalue weighted by molar-refractivity contribution is -0.122. The van der Waals surface area contributed by atoms with Gasteiger partial charge in [-0.05, 0) is 30.7 Å². The first kappa shape index (κ1) is 17.5. The third-order valence-electron chi connectivity index (χ3n) is 3.99. The monoisotopic (exact) mass is 353 g/mol. The van der Waals surface area contributed by atoms with Gasteiger partial charge in [-0.15, -0.1) is 0 Å². The van der Waals surface area contributed by atoms with Crippen LogP contribution in [0.2, 0.25) is 0 Å². The average Bonchev–Trinajstić information content (AvgIpc) is 2.68. The maximum absolute atomic E-state index is 12.2. The Hall–Kier alpha value is -3.29. The predicted molar refractivity (Wildman–Crippen MR) is 95.7 cm³/mol. The molecule has 1 saturated heterocycles. The van der Waals surface area contributed by atoms with E-state index < -0.39 is 5.91 Å². The average molecular weight is 353 g/mol. The number of hydrogen-bond acceptors (Lipinski definition) is 6. The fourth-order valence-electron chi connectivity index (χ4n) is 2.57. The van der Waals surface area contributed by atoms with Gasteiger partial charge in [-0.3, -0.25) is 14.6 Å². The van der Waals surface area contributed by atoms with Gasteiger partial charge in [0.15, 0.2) is 0 Å². The molecule has 1 aromatic heterocycles. The molecule has 8 nitrogen and oxygen atoms in total. The maximum Gasteiger partial charge on any atom is 0.291 e. The lowest BCUT2D eigenvalue weighted by atomic mass is 9.99. The Bertz CT molecular complexity index is 820. The molecule has 2 N–H and O–H groups in total. The van der Waals surface area contributed by atoms with Crippen LogP contribution in [0.5, 0.6) is 5.75 Å². The number of ether oxygens (including phenoxy) is 1. The number of hydrazone groups is 1. The van der Waals surface area contributed by atoms with Crippen molar-refractivity contribution in [2.45, 2.75) is 12.8 Å². The van der Waals surface area contributed by atoms with Crippen molar-refractivity contribution in [2.75, 3.05) is 13.7 Å². The maximum atomic E-state index is 12.2. The number of aromatic nitrogens is 2. The highest BCUT2D eigenvalue weighted by Crippen LogP contribution is 2.20. The van der Waals surface area contributed by atoms with Crippen LogP contribution in [0, 0.1) is 5.92 Å². The van der Waals surface area contributed by atoms with Crippen molar-refractivity contribution in [3.05, 3.63) is 42.4 Å². The molecule has 26 heavy (non-hydrogen) atoms. The highest BCUT2D eigenvalue weighted by Gasteiger charge is 2.17. The third kappa shape index (κ3) is 4.41. The Morgan fingerprint density at radius 2 is 2.15 bits per heavy atom. The summed E-state index contributed by atoms with van der Waals surface area (Å²) < 4.78 is 5.13. The number of amides is 2. The number of nitrogens with one attached hydrogen (secondary N) is 2. The molecule has 1 fully saturated rings. The number of carbonyl (C=O) groups excluding carboxylic acids is 2. The Labute approximate surface area is 150 Å². The van der Waals surface area contributed by atoms with Gasteiger partial charge in [-0.1, -0.05) is 0 Å². The van der Waals surface area contributed by atoms with Gasteiger partial charge < -0.3 is 10.1 Å². The van der Waals surface area contributed by atoms with Crippen LogP contribution in [0.25, 0.3) is 11.3 Å². The smallest absolute Gasteiger partial charge is 0.291 e. The number of nitrogens with zero attached hydrogens (tertiary/aromatic N) is 3. The Kier molecular flexibility index (Phi) is 5.52. The zero-order valence-corrected chi connectivity index (χ0v) is 14.3. The van der Waals surface area contributed by atoms with Crippen molar-refractivity contribution < 1.29 is 14.3 Å². The van der Waals surface area contributed by atoms with E-state index in [9.17, 15) is 9.59 Å². The summed E-state index contributed by atoms with van der Waals surface area (Å²) in [7, 11) is 1.60. The largest absolute Gasteiger partial charge is 0.497 e. The molecule has 2 heterocycles. The van der Waals surface area contributed by atoms with E-state index in [4.69, 9.17) is 4.74 Å². The fourth-order valence-corrected chi connectivity index (χ4v) is 2.57. The Morgan fingerprint density at radius 1 is 1.35 bits per heavy atom. The van der Waals surface area contributed by atoms with Crippen LogP contribution >= 0.6 is 0 Å². The summed E-state index contributed by atoms with van der Waals surface area (Å²) in [6.45, 7) is 0.624. The molecule has 1 atom stereocenters. The van der Waals surface area contributed by atoms with Gasteiger partial charge in [0, 0.05) is 30.7 Å². The second-order valence-electron chi connectivity index (χ2n) is 5.84. The van der Waals surface area contributed by atoms with Crippen molar-refractivity contribution in [1.29, 1.82) is 0 Å². The van der Waals surface area contributed by atoms with Crippen molar-refractivity contribution in [1.82, 2.24) is 20.7 Å². The highest BCUT2D eigenvalue weighted by molar-refractivity contribution is 5.92. The molecule has 1 aromatic carbocycles. The third-order valence-corrected chi connectivity index (χ3v) is 3.99. The zero-order chi connectivity index (χ0) is 18.4. The van der Waals surface area contributed by atoms with Gasteiger partial charge in [0.05, 0.1) is 25.2 Å². The lowest BCUT2D eigenvalue weighted by Gasteiger charge is -2.17. The van der Waals surface area contributed by atoms with Crippen LogP contribution in [-0.4, -0.2) is 41.7 Å². The molecule has 1 aliphatic rings. The number of piperidine rings is 1. The van der Waals surface area contributed by atoms with E-state index in [1.54, 1.807) is 19.5 Å². The number of hydrogen-bond donors (Lipinski definition) is 2. The summed E-state index contributed by atoms with van der Waals surface area (Å²) >= 11 is 0. The Balaban J connectivity index is 1.65. The van der Waals surface area contributed by atoms with Gasteiger partial charge in [-0.25, -0.2) is 10.4 Å². The van der Waals surface area contributed by atoms with Crippen molar-refractivity contribution >= 4 is 18.0 Å². The first-order chi connectivity index (χ1) is 12.7. The van der Waals surface area contributed by atoms with E-state index in [0.29, 0.717) is 18.7 Å². The molecule has 0 saturated carbocycles. The number of rotatable bonds is 5. The second-order valence-corrected chi connectivity index (χ2v) is 5.84. The van der Waals surface area contributed by atoms with E-state index in [1.807, 2.05) is 24.3 Å². The molecule has 134 valence electrons. The SMILES string of the molecule is COc1ccc(-c2cncc(C(=O)N/N=C/C3CCNC(=O)C3)n2)cc1. The van der Waals surface area contributed by atoms with Crippen LogP contribution in [0.1, 0.15) is 23.3 Å². The van der Waals surface area contributed by atoms with E-state index in [0.717, 1.165) is 17.7 Å². The van der Waals surface area contributed by atoms with Gasteiger partial charge in [0.1, 0.15) is 11.4 Å². The minimum absolute atomic E-state index is 0.00270. The normalized spacial score (nSPS) is 17.0. The summed E-state index contributed by atoms with van der Waals surface area (Å²) in [4.78, 5) is 31.9. The topological polar surface area (TPSA) is 106 Å².